The molecule has 0 spiro atoms. The summed E-state index contributed by atoms with van der Waals surface area (Å²) < 4.78 is 0. The zero-order valence-corrected chi connectivity index (χ0v) is 8.02. The SMILES string of the molecule is CCCNc1nnc(CCN)s1. The number of nitrogens with one attached hydrogen (secondary N) is 1. The van der Waals surface area contributed by atoms with Crippen molar-refractivity contribution >= 4 is 16.5 Å². The minimum atomic E-state index is 0.641. The summed E-state index contributed by atoms with van der Waals surface area (Å²) in [5.41, 5.74) is 5.39. The molecule has 0 atom stereocenters. The molecule has 12 heavy (non-hydrogen) atoms. The summed E-state index contributed by atoms with van der Waals surface area (Å²) in [6.45, 7) is 3.72. The van der Waals surface area contributed by atoms with E-state index >= 15 is 0 Å². The zero-order valence-electron chi connectivity index (χ0n) is 7.21. The molecule has 1 heterocycles. The van der Waals surface area contributed by atoms with Crippen molar-refractivity contribution in [3.63, 3.8) is 0 Å². The van der Waals surface area contributed by atoms with Gasteiger partial charge in [-0.15, -0.1) is 10.2 Å². The van der Waals surface area contributed by atoms with Crippen LogP contribution in [0.5, 0.6) is 0 Å². The van der Waals surface area contributed by atoms with Crippen molar-refractivity contribution in [1.29, 1.82) is 0 Å². The van der Waals surface area contributed by atoms with Crippen molar-refractivity contribution in [2.75, 3.05) is 18.4 Å². The highest BCUT2D eigenvalue weighted by Gasteiger charge is 2.00. The highest BCUT2D eigenvalue weighted by atomic mass is 32.1. The van der Waals surface area contributed by atoms with Gasteiger partial charge in [0.05, 0.1) is 0 Å². The number of nitrogens with zero attached hydrogens (tertiary/aromatic N) is 2. The second-order valence-electron chi connectivity index (χ2n) is 2.47. The first-order valence-electron chi connectivity index (χ1n) is 4.13. The van der Waals surface area contributed by atoms with Gasteiger partial charge in [-0.2, -0.15) is 0 Å². The molecule has 0 radical (unpaired) electrons. The summed E-state index contributed by atoms with van der Waals surface area (Å²) >= 11 is 1.58. The van der Waals surface area contributed by atoms with Gasteiger partial charge in [0.15, 0.2) is 0 Å². The fourth-order valence-electron chi connectivity index (χ4n) is 0.781. The Kier molecular flexibility index (Phi) is 3.96. The van der Waals surface area contributed by atoms with E-state index in [-0.39, 0.29) is 0 Å². The normalized spacial score (nSPS) is 10.2. The molecule has 0 aliphatic heterocycles. The Morgan fingerprint density at radius 2 is 2.33 bits per heavy atom. The molecule has 4 nitrogen and oxygen atoms in total. The molecule has 0 saturated carbocycles. The van der Waals surface area contributed by atoms with E-state index in [1.54, 1.807) is 11.3 Å². The maximum absolute atomic E-state index is 5.39. The number of aromatic nitrogens is 2. The molecule has 1 aromatic heterocycles. The second kappa shape index (κ2) is 5.05. The molecular formula is C7H14N4S. The average molecular weight is 186 g/mol. The van der Waals surface area contributed by atoms with E-state index in [4.69, 9.17) is 5.73 Å². The Morgan fingerprint density at radius 3 is 3.00 bits per heavy atom. The monoisotopic (exact) mass is 186 g/mol. The van der Waals surface area contributed by atoms with Gasteiger partial charge in [0.1, 0.15) is 5.01 Å². The number of hydrogen-bond donors (Lipinski definition) is 2. The molecular weight excluding hydrogens is 172 g/mol. The van der Waals surface area contributed by atoms with Gasteiger partial charge < -0.3 is 11.1 Å². The summed E-state index contributed by atoms with van der Waals surface area (Å²) in [6, 6.07) is 0. The molecule has 0 bridgehead atoms. The first kappa shape index (κ1) is 9.41. The van der Waals surface area contributed by atoms with Gasteiger partial charge in [-0.05, 0) is 13.0 Å². The molecule has 0 fully saturated rings. The molecule has 0 aromatic carbocycles. The van der Waals surface area contributed by atoms with Gasteiger partial charge in [-0.25, -0.2) is 0 Å². The maximum atomic E-state index is 5.39. The van der Waals surface area contributed by atoms with Gasteiger partial charge >= 0.3 is 0 Å². The number of hydrogen-bond acceptors (Lipinski definition) is 5. The van der Waals surface area contributed by atoms with Crippen LogP contribution in [-0.4, -0.2) is 23.3 Å². The predicted molar refractivity (Wildman–Crippen MR) is 51.4 cm³/mol. The summed E-state index contributed by atoms with van der Waals surface area (Å²) in [5.74, 6) is 0. The zero-order chi connectivity index (χ0) is 8.81. The van der Waals surface area contributed by atoms with Crippen molar-refractivity contribution in [1.82, 2.24) is 10.2 Å². The molecule has 1 aromatic rings. The second-order valence-corrected chi connectivity index (χ2v) is 3.53. The van der Waals surface area contributed by atoms with E-state index in [9.17, 15) is 0 Å². The number of rotatable bonds is 5. The van der Waals surface area contributed by atoms with Crippen LogP contribution < -0.4 is 11.1 Å². The third kappa shape index (κ3) is 2.75. The minimum Gasteiger partial charge on any atom is -0.360 e. The van der Waals surface area contributed by atoms with Crippen LogP contribution in [0.2, 0.25) is 0 Å². The molecule has 68 valence electrons. The first-order valence-corrected chi connectivity index (χ1v) is 4.94. The van der Waals surface area contributed by atoms with Crippen molar-refractivity contribution in [3.05, 3.63) is 5.01 Å². The Morgan fingerprint density at radius 1 is 1.50 bits per heavy atom. The summed E-state index contributed by atoms with van der Waals surface area (Å²) in [4.78, 5) is 0. The predicted octanol–water partition coefficient (Wildman–Crippen LogP) is 0.861. The molecule has 0 aliphatic carbocycles. The van der Waals surface area contributed by atoms with Crippen LogP contribution in [0.15, 0.2) is 0 Å². The molecule has 0 unspecified atom stereocenters. The van der Waals surface area contributed by atoms with Crippen LogP contribution in [0.1, 0.15) is 18.4 Å². The highest BCUT2D eigenvalue weighted by molar-refractivity contribution is 7.15. The molecule has 3 N–H and O–H groups in total. The third-order valence-corrected chi connectivity index (χ3v) is 2.29. The largest absolute Gasteiger partial charge is 0.360 e. The Bertz CT molecular complexity index is 223. The fourth-order valence-corrected chi connectivity index (χ4v) is 1.56. The quantitative estimate of drug-likeness (QED) is 0.716. The van der Waals surface area contributed by atoms with E-state index in [0.717, 1.165) is 29.5 Å². The van der Waals surface area contributed by atoms with Crippen LogP contribution >= 0.6 is 11.3 Å². The Labute approximate surface area is 76.2 Å². The van der Waals surface area contributed by atoms with Gasteiger partial charge in [0.25, 0.3) is 0 Å². The Balaban J connectivity index is 2.41. The van der Waals surface area contributed by atoms with E-state index in [0.29, 0.717) is 6.54 Å². The van der Waals surface area contributed by atoms with E-state index in [1.807, 2.05) is 0 Å². The van der Waals surface area contributed by atoms with Crippen LogP contribution in [0, 0.1) is 0 Å². The van der Waals surface area contributed by atoms with E-state index in [2.05, 4.69) is 22.4 Å². The van der Waals surface area contributed by atoms with Gasteiger partial charge in [0.2, 0.25) is 5.13 Å². The maximum Gasteiger partial charge on any atom is 0.205 e. The number of nitrogens with two attached hydrogens (primary N) is 1. The van der Waals surface area contributed by atoms with Gasteiger partial charge in [0, 0.05) is 13.0 Å². The molecule has 0 amide bonds. The van der Waals surface area contributed by atoms with Crippen molar-refractivity contribution < 1.29 is 0 Å². The highest BCUT2D eigenvalue weighted by Crippen LogP contribution is 2.14. The molecule has 0 aliphatic rings. The first-order chi connectivity index (χ1) is 5.86. The van der Waals surface area contributed by atoms with E-state index < -0.39 is 0 Å². The van der Waals surface area contributed by atoms with Crippen molar-refractivity contribution in [2.45, 2.75) is 19.8 Å². The van der Waals surface area contributed by atoms with Crippen LogP contribution in [-0.2, 0) is 6.42 Å². The Hall–Kier alpha value is -0.680. The lowest BCUT2D eigenvalue weighted by molar-refractivity contribution is 0.906. The van der Waals surface area contributed by atoms with Crippen LogP contribution in [0.4, 0.5) is 5.13 Å². The van der Waals surface area contributed by atoms with Gasteiger partial charge in [-0.1, -0.05) is 18.3 Å². The average Bonchev–Trinajstić information content (AvgIpc) is 2.50. The molecule has 0 saturated heterocycles. The van der Waals surface area contributed by atoms with Crippen LogP contribution in [0.3, 0.4) is 0 Å². The van der Waals surface area contributed by atoms with Crippen molar-refractivity contribution in [2.24, 2.45) is 5.73 Å². The summed E-state index contributed by atoms with van der Waals surface area (Å²) in [7, 11) is 0. The van der Waals surface area contributed by atoms with Crippen LogP contribution in [0.25, 0.3) is 0 Å². The van der Waals surface area contributed by atoms with E-state index in [1.165, 1.54) is 0 Å². The fraction of sp³-hybridized carbons (Fsp3) is 0.714. The lowest BCUT2D eigenvalue weighted by Gasteiger charge is -1.95. The minimum absolute atomic E-state index is 0.641. The summed E-state index contributed by atoms with van der Waals surface area (Å²) in [6.07, 6.45) is 1.93. The third-order valence-electron chi connectivity index (χ3n) is 1.35. The summed E-state index contributed by atoms with van der Waals surface area (Å²) in [5, 5.41) is 13.0. The van der Waals surface area contributed by atoms with Gasteiger partial charge in [-0.3, -0.25) is 0 Å². The number of anilines is 1. The molecule has 1 rings (SSSR count). The van der Waals surface area contributed by atoms with Crippen molar-refractivity contribution in [3.8, 4) is 0 Å². The smallest absolute Gasteiger partial charge is 0.205 e. The topological polar surface area (TPSA) is 63.8 Å². The standard InChI is InChI=1S/C7H14N4S/c1-2-5-9-7-11-10-6(12-7)3-4-8/h2-5,8H2,1H3,(H,9,11). The lowest BCUT2D eigenvalue weighted by atomic mass is 10.5. The lowest BCUT2D eigenvalue weighted by Crippen LogP contribution is -2.01. The molecule has 5 heteroatoms.